The number of nitrogens with one attached hydrogen (secondary N) is 1. The topological polar surface area (TPSA) is 58.4 Å². The third kappa shape index (κ3) is 3.45. The van der Waals surface area contributed by atoms with Crippen molar-refractivity contribution in [2.24, 2.45) is 0 Å². The third-order valence-electron chi connectivity index (χ3n) is 2.70. The second-order valence-corrected chi connectivity index (χ2v) is 5.23. The number of nitrogens with zero attached hydrogens (tertiary/aromatic N) is 2. The van der Waals surface area contributed by atoms with Crippen molar-refractivity contribution in [1.82, 2.24) is 0 Å². The molecule has 100 valence electrons. The van der Waals surface area contributed by atoms with E-state index in [9.17, 15) is 10.1 Å². The number of rotatable bonds is 5. The van der Waals surface area contributed by atoms with Crippen molar-refractivity contribution in [1.29, 1.82) is 0 Å². The molecule has 0 spiro atoms. The van der Waals surface area contributed by atoms with Gasteiger partial charge in [0.2, 0.25) is 0 Å². The lowest BCUT2D eigenvalue weighted by molar-refractivity contribution is -0.380. The number of benzene rings is 1. The Morgan fingerprint density at radius 1 is 1.32 bits per heavy atom. The summed E-state index contributed by atoms with van der Waals surface area (Å²) in [5, 5.41) is 15.8. The zero-order valence-corrected chi connectivity index (χ0v) is 11.6. The van der Waals surface area contributed by atoms with Gasteiger partial charge in [-0.1, -0.05) is 11.3 Å². The lowest BCUT2D eigenvalue weighted by Crippen LogP contribution is -2.08. The highest BCUT2D eigenvalue weighted by Gasteiger charge is 2.09. The number of nitro groups is 1. The van der Waals surface area contributed by atoms with Crippen LogP contribution in [0, 0.1) is 10.1 Å². The van der Waals surface area contributed by atoms with Gasteiger partial charge in [-0.3, -0.25) is 10.1 Å². The summed E-state index contributed by atoms with van der Waals surface area (Å²) in [7, 11) is 3.99. The van der Waals surface area contributed by atoms with Gasteiger partial charge in [0, 0.05) is 43.5 Å². The molecular weight excluding hydrogens is 262 g/mol. The normalized spacial score (nSPS) is 10.2. The molecule has 0 fully saturated rings. The molecule has 2 aromatic rings. The maximum atomic E-state index is 10.6. The summed E-state index contributed by atoms with van der Waals surface area (Å²) in [5.74, 6) is 0. The van der Waals surface area contributed by atoms with Crippen molar-refractivity contribution in [3.05, 3.63) is 51.4 Å². The van der Waals surface area contributed by atoms with E-state index >= 15 is 0 Å². The van der Waals surface area contributed by atoms with Crippen molar-refractivity contribution in [2.45, 2.75) is 6.54 Å². The summed E-state index contributed by atoms with van der Waals surface area (Å²) in [6.45, 7) is 0.589. The maximum Gasteiger partial charge on any atom is 0.324 e. The Morgan fingerprint density at radius 3 is 2.53 bits per heavy atom. The van der Waals surface area contributed by atoms with E-state index in [2.05, 4.69) is 5.32 Å². The molecule has 0 atom stereocenters. The Bertz CT molecular complexity index is 564. The van der Waals surface area contributed by atoms with Crippen molar-refractivity contribution in [3.8, 4) is 0 Å². The standard InChI is InChI=1S/C13H15N3O2S/c1-15(2)12-5-3-11(4-6-12)14-8-10-7-13(16(17)18)19-9-10/h3-7,9,14H,8H2,1-2H3. The van der Waals surface area contributed by atoms with Crippen LogP contribution in [-0.2, 0) is 6.54 Å². The van der Waals surface area contributed by atoms with E-state index in [1.54, 1.807) is 11.4 Å². The van der Waals surface area contributed by atoms with Crippen LogP contribution in [0.4, 0.5) is 16.4 Å². The van der Waals surface area contributed by atoms with Crippen molar-refractivity contribution in [2.75, 3.05) is 24.3 Å². The molecule has 2 rings (SSSR count). The highest BCUT2D eigenvalue weighted by molar-refractivity contribution is 7.13. The molecule has 0 aliphatic heterocycles. The summed E-state index contributed by atoms with van der Waals surface area (Å²) in [6.07, 6.45) is 0. The number of hydrogen-bond acceptors (Lipinski definition) is 5. The molecule has 1 N–H and O–H groups in total. The largest absolute Gasteiger partial charge is 0.381 e. The summed E-state index contributed by atoms with van der Waals surface area (Å²) in [6, 6.07) is 9.65. The van der Waals surface area contributed by atoms with Gasteiger partial charge in [-0.2, -0.15) is 0 Å². The van der Waals surface area contributed by atoms with Gasteiger partial charge in [-0.25, -0.2) is 0 Å². The van der Waals surface area contributed by atoms with Crippen LogP contribution in [-0.4, -0.2) is 19.0 Å². The minimum atomic E-state index is -0.361. The second-order valence-electron chi connectivity index (χ2n) is 4.35. The number of thiophene rings is 1. The Labute approximate surface area is 115 Å². The van der Waals surface area contributed by atoms with Gasteiger partial charge >= 0.3 is 5.00 Å². The summed E-state index contributed by atoms with van der Waals surface area (Å²) >= 11 is 1.15. The van der Waals surface area contributed by atoms with Crippen LogP contribution in [0.15, 0.2) is 35.7 Å². The molecule has 0 radical (unpaired) electrons. The molecule has 1 aromatic carbocycles. The molecule has 0 bridgehead atoms. The minimum Gasteiger partial charge on any atom is -0.381 e. The molecule has 5 nitrogen and oxygen atoms in total. The fraction of sp³-hybridized carbons (Fsp3) is 0.231. The SMILES string of the molecule is CN(C)c1ccc(NCc2csc([N+](=O)[O-])c2)cc1. The van der Waals surface area contributed by atoms with Crippen LogP contribution in [0.3, 0.4) is 0 Å². The lowest BCUT2D eigenvalue weighted by Gasteiger charge is -2.13. The van der Waals surface area contributed by atoms with E-state index in [1.807, 2.05) is 43.3 Å². The van der Waals surface area contributed by atoms with Crippen molar-refractivity contribution < 1.29 is 4.92 Å². The molecule has 6 heteroatoms. The fourth-order valence-corrected chi connectivity index (χ4v) is 2.36. The second kappa shape index (κ2) is 5.71. The first-order chi connectivity index (χ1) is 9.06. The quantitative estimate of drug-likeness (QED) is 0.672. The van der Waals surface area contributed by atoms with Gasteiger partial charge in [0.05, 0.1) is 4.92 Å². The molecule has 0 aliphatic carbocycles. The van der Waals surface area contributed by atoms with Gasteiger partial charge in [0.1, 0.15) is 0 Å². The van der Waals surface area contributed by atoms with Crippen LogP contribution >= 0.6 is 11.3 Å². The van der Waals surface area contributed by atoms with Crippen LogP contribution in [0.5, 0.6) is 0 Å². The van der Waals surface area contributed by atoms with Gasteiger partial charge in [-0.15, -0.1) is 0 Å². The molecule has 0 aliphatic rings. The summed E-state index contributed by atoms with van der Waals surface area (Å²) in [4.78, 5) is 12.3. The van der Waals surface area contributed by atoms with Crippen LogP contribution in [0.1, 0.15) is 5.56 Å². The highest BCUT2D eigenvalue weighted by Crippen LogP contribution is 2.23. The van der Waals surface area contributed by atoms with E-state index in [-0.39, 0.29) is 9.92 Å². The van der Waals surface area contributed by atoms with Gasteiger partial charge < -0.3 is 10.2 Å². The van der Waals surface area contributed by atoms with E-state index in [1.165, 1.54) is 0 Å². The van der Waals surface area contributed by atoms with E-state index in [0.717, 1.165) is 28.3 Å². The Kier molecular flexibility index (Phi) is 4.01. The summed E-state index contributed by atoms with van der Waals surface area (Å²) in [5.41, 5.74) is 3.06. The van der Waals surface area contributed by atoms with Gasteiger partial charge in [0.15, 0.2) is 0 Å². The fourth-order valence-electron chi connectivity index (χ4n) is 1.63. The van der Waals surface area contributed by atoms with Crippen molar-refractivity contribution >= 4 is 27.7 Å². The first kappa shape index (κ1) is 13.4. The highest BCUT2D eigenvalue weighted by atomic mass is 32.1. The van der Waals surface area contributed by atoms with E-state index in [4.69, 9.17) is 0 Å². The molecule has 1 heterocycles. The Hall–Kier alpha value is -2.08. The van der Waals surface area contributed by atoms with Gasteiger partial charge in [-0.05, 0) is 29.8 Å². The Balaban J connectivity index is 1.96. The molecule has 1 aromatic heterocycles. The van der Waals surface area contributed by atoms with Crippen molar-refractivity contribution in [3.63, 3.8) is 0 Å². The molecule has 0 saturated carbocycles. The first-order valence-corrected chi connectivity index (χ1v) is 6.67. The monoisotopic (exact) mass is 277 g/mol. The van der Waals surface area contributed by atoms with Crippen LogP contribution in [0.2, 0.25) is 0 Å². The van der Waals surface area contributed by atoms with Crippen LogP contribution < -0.4 is 10.2 Å². The molecule has 19 heavy (non-hydrogen) atoms. The smallest absolute Gasteiger partial charge is 0.324 e. The zero-order valence-electron chi connectivity index (χ0n) is 10.8. The number of anilines is 2. The molecule has 0 saturated heterocycles. The third-order valence-corrected chi connectivity index (χ3v) is 3.63. The van der Waals surface area contributed by atoms with E-state index < -0.39 is 0 Å². The molecule has 0 unspecified atom stereocenters. The lowest BCUT2D eigenvalue weighted by atomic mass is 10.2. The maximum absolute atomic E-state index is 10.6. The van der Waals surface area contributed by atoms with Crippen LogP contribution in [0.25, 0.3) is 0 Å². The Morgan fingerprint density at radius 2 is 2.00 bits per heavy atom. The average molecular weight is 277 g/mol. The molecular formula is C13H15N3O2S. The molecule has 0 amide bonds. The number of hydrogen-bond donors (Lipinski definition) is 1. The first-order valence-electron chi connectivity index (χ1n) is 5.79. The van der Waals surface area contributed by atoms with Gasteiger partial charge in [0.25, 0.3) is 0 Å². The van der Waals surface area contributed by atoms with E-state index in [0.29, 0.717) is 6.54 Å². The zero-order chi connectivity index (χ0) is 13.8. The summed E-state index contributed by atoms with van der Waals surface area (Å²) < 4.78 is 0. The predicted octanol–water partition coefficient (Wildman–Crippen LogP) is 3.33. The average Bonchev–Trinajstić information content (AvgIpc) is 2.86. The predicted molar refractivity (Wildman–Crippen MR) is 79.1 cm³/mol. The minimum absolute atomic E-state index is 0.180.